The molecule has 1 N–H and O–H groups in total. The summed E-state index contributed by atoms with van der Waals surface area (Å²) in [7, 11) is 1.67. The van der Waals surface area contributed by atoms with Gasteiger partial charge < -0.3 is 14.6 Å². The second-order valence-electron chi connectivity index (χ2n) is 5.47. The van der Waals surface area contributed by atoms with Gasteiger partial charge in [0.2, 0.25) is 11.8 Å². The molecular weight excluding hydrogens is 312 g/mol. The van der Waals surface area contributed by atoms with Crippen LogP contribution in [0.1, 0.15) is 11.3 Å². The van der Waals surface area contributed by atoms with Crippen molar-refractivity contribution < 1.29 is 14.0 Å². The fraction of sp³-hybridized carbons (Fsp3) is 0.294. The summed E-state index contributed by atoms with van der Waals surface area (Å²) in [5.74, 6) is 0.478. The van der Waals surface area contributed by atoms with Crippen molar-refractivity contribution in [2.45, 2.75) is 23.1 Å². The Morgan fingerprint density at radius 1 is 1.30 bits per heavy atom. The van der Waals surface area contributed by atoms with Crippen LogP contribution in [0.15, 0.2) is 52.0 Å². The van der Waals surface area contributed by atoms with Crippen LogP contribution < -0.4 is 5.32 Å². The molecule has 1 aromatic carbocycles. The molecule has 5 nitrogen and oxygen atoms in total. The van der Waals surface area contributed by atoms with Crippen LogP contribution in [0, 0.1) is 0 Å². The highest BCUT2D eigenvalue weighted by Gasteiger charge is 2.30. The predicted molar refractivity (Wildman–Crippen MR) is 88.0 cm³/mol. The molecule has 23 heavy (non-hydrogen) atoms. The summed E-state index contributed by atoms with van der Waals surface area (Å²) in [6.45, 7) is 0.379. The zero-order valence-corrected chi connectivity index (χ0v) is 13.6. The monoisotopic (exact) mass is 330 g/mol. The number of likely N-dealkylation sites (N-methyl/N-ethyl adjacent to an activating group) is 1. The average Bonchev–Trinajstić information content (AvgIpc) is 3.21. The van der Waals surface area contributed by atoms with Crippen molar-refractivity contribution in [3.05, 3.63) is 54.0 Å². The van der Waals surface area contributed by atoms with Gasteiger partial charge in [0.1, 0.15) is 5.76 Å². The van der Waals surface area contributed by atoms with Gasteiger partial charge in [0.15, 0.2) is 0 Å². The lowest BCUT2D eigenvalue weighted by molar-refractivity contribution is -0.134. The van der Waals surface area contributed by atoms with Gasteiger partial charge in [0.05, 0.1) is 24.6 Å². The van der Waals surface area contributed by atoms with Gasteiger partial charge >= 0.3 is 0 Å². The summed E-state index contributed by atoms with van der Waals surface area (Å²) in [6.07, 6.45) is 2.28. The maximum absolute atomic E-state index is 12.5. The number of fused-ring (bicyclic) bond motifs is 1. The number of amides is 2. The van der Waals surface area contributed by atoms with E-state index in [1.165, 1.54) is 10.5 Å². The lowest BCUT2D eigenvalue weighted by atomic mass is 10.1. The molecule has 0 aliphatic carbocycles. The molecular formula is C17H18N2O3S. The molecule has 1 atom stereocenters. The molecule has 0 fully saturated rings. The second-order valence-corrected chi connectivity index (χ2v) is 6.71. The first-order valence-corrected chi connectivity index (χ1v) is 8.30. The fourth-order valence-electron chi connectivity index (χ4n) is 2.51. The van der Waals surface area contributed by atoms with Gasteiger partial charge in [-0.15, -0.1) is 11.8 Å². The van der Waals surface area contributed by atoms with Gasteiger partial charge in [0, 0.05) is 11.9 Å². The maximum atomic E-state index is 12.5. The smallest absolute Gasteiger partial charge is 0.239 e. The SMILES string of the molecule is CN(CC(=O)NCc1ccco1)C(=O)C1Cc2ccccc2S1. The number of rotatable bonds is 5. The molecule has 0 bridgehead atoms. The Bertz CT molecular complexity index is 675. The molecule has 1 unspecified atom stereocenters. The number of carbonyl (C=O) groups excluding carboxylic acids is 2. The van der Waals surface area contributed by atoms with E-state index < -0.39 is 0 Å². The van der Waals surface area contributed by atoms with Gasteiger partial charge in [-0.25, -0.2) is 0 Å². The molecule has 2 heterocycles. The number of thioether (sulfide) groups is 1. The van der Waals surface area contributed by atoms with Crippen molar-refractivity contribution in [2.75, 3.05) is 13.6 Å². The van der Waals surface area contributed by atoms with E-state index in [0.29, 0.717) is 12.3 Å². The van der Waals surface area contributed by atoms with Crippen molar-refractivity contribution in [3.8, 4) is 0 Å². The molecule has 0 spiro atoms. The summed E-state index contributed by atoms with van der Waals surface area (Å²) in [5, 5.41) is 2.60. The van der Waals surface area contributed by atoms with Crippen molar-refractivity contribution >= 4 is 23.6 Å². The highest BCUT2D eigenvalue weighted by atomic mass is 32.2. The molecule has 0 saturated carbocycles. The van der Waals surface area contributed by atoms with Crippen LogP contribution in [0.4, 0.5) is 0 Å². The molecule has 0 radical (unpaired) electrons. The third-order valence-corrected chi connectivity index (χ3v) is 5.02. The van der Waals surface area contributed by atoms with Crippen molar-refractivity contribution in [3.63, 3.8) is 0 Å². The second kappa shape index (κ2) is 6.91. The highest BCUT2D eigenvalue weighted by molar-refractivity contribution is 8.01. The van der Waals surface area contributed by atoms with E-state index >= 15 is 0 Å². The van der Waals surface area contributed by atoms with Crippen LogP contribution >= 0.6 is 11.8 Å². The Kier molecular flexibility index (Phi) is 4.71. The zero-order valence-electron chi connectivity index (χ0n) is 12.8. The largest absolute Gasteiger partial charge is 0.467 e. The molecule has 1 aliphatic rings. The molecule has 120 valence electrons. The third kappa shape index (κ3) is 3.76. The number of carbonyl (C=O) groups is 2. The number of hydrogen-bond donors (Lipinski definition) is 1. The highest BCUT2D eigenvalue weighted by Crippen LogP contribution is 2.37. The number of furan rings is 1. The Morgan fingerprint density at radius 3 is 2.87 bits per heavy atom. The van der Waals surface area contributed by atoms with Crippen LogP contribution in [0.25, 0.3) is 0 Å². The van der Waals surface area contributed by atoms with Gasteiger partial charge in [-0.05, 0) is 30.2 Å². The first-order chi connectivity index (χ1) is 11.1. The molecule has 2 amide bonds. The minimum Gasteiger partial charge on any atom is -0.467 e. The van der Waals surface area contributed by atoms with Crippen LogP contribution in [-0.4, -0.2) is 35.6 Å². The van der Waals surface area contributed by atoms with Gasteiger partial charge in [-0.1, -0.05) is 18.2 Å². The minimum absolute atomic E-state index is 0.0145. The molecule has 6 heteroatoms. The Morgan fingerprint density at radius 2 is 2.13 bits per heavy atom. The zero-order chi connectivity index (χ0) is 16.2. The van der Waals surface area contributed by atoms with E-state index in [4.69, 9.17) is 4.42 Å². The van der Waals surface area contributed by atoms with Crippen LogP contribution in [-0.2, 0) is 22.6 Å². The van der Waals surface area contributed by atoms with Crippen molar-refractivity contribution in [2.24, 2.45) is 0 Å². The quantitative estimate of drug-likeness (QED) is 0.912. The minimum atomic E-state index is -0.197. The molecule has 2 aromatic rings. The van der Waals surface area contributed by atoms with E-state index in [1.54, 1.807) is 37.2 Å². The summed E-state index contributed by atoms with van der Waals surface area (Å²) in [6, 6.07) is 11.6. The number of hydrogen-bond acceptors (Lipinski definition) is 4. The van der Waals surface area contributed by atoms with E-state index in [0.717, 1.165) is 11.3 Å². The first kappa shape index (κ1) is 15.7. The van der Waals surface area contributed by atoms with Crippen LogP contribution in [0.3, 0.4) is 0 Å². The average molecular weight is 330 g/mol. The summed E-state index contributed by atoms with van der Waals surface area (Å²) in [5.41, 5.74) is 1.20. The topological polar surface area (TPSA) is 62.6 Å². The number of nitrogens with zero attached hydrogens (tertiary/aromatic N) is 1. The predicted octanol–water partition coefficient (Wildman–Crippen LogP) is 2.07. The molecule has 3 rings (SSSR count). The summed E-state index contributed by atoms with van der Waals surface area (Å²) < 4.78 is 5.15. The van der Waals surface area contributed by atoms with E-state index in [-0.39, 0.29) is 23.6 Å². The Balaban J connectivity index is 1.49. The van der Waals surface area contributed by atoms with Crippen LogP contribution in [0.2, 0.25) is 0 Å². The number of benzene rings is 1. The Hall–Kier alpha value is -2.21. The lowest BCUT2D eigenvalue weighted by Gasteiger charge is -2.19. The van der Waals surface area contributed by atoms with Crippen molar-refractivity contribution in [1.82, 2.24) is 10.2 Å². The molecule has 1 aliphatic heterocycles. The standard InChI is InChI=1S/C17H18N2O3S/c1-19(11-16(20)18-10-13-6-4-8-22-13)17(21)15-9-12-5-2-3-7-14(12)23-15/h2-8,15H,9-11H2,1H3,(H,18,20). The summed E-state index contributed by atoms with van der Waals surface area (Å²) in [4.78, 5) is 27.1. The normalized spacial score (nSPS) is 16.0. The molecule has 1 aromatic heterocycles. The first-order valence-electron chi connectivity index (χ1n) is 7.42. The van der Waals surface area contributed by atoms with Crippen LogP contribution in [0.5, 0.6) is 0 Å². The van der Waals surface area contributed by atoms with Crippen molar-refractivity contribution in [1.29, 1.82) is 0 Å². The molecule has 0 saturated heterocycles. The van der Waals surface area contributed by atoms with Gasteiger partial charge in [0.25, 0.3) is 0 Å². The van der Waals surface area contributed by atoms with Gasteiger partial charge in [-0.3, -0.25) is 9.59 Å². The number of nitrogens with one attached hydrogen (secondary N) is 1. The fourth-order valence-corrected chi connectivity index (χ4v) is 3.82. The Labute approximate surface area is 139 Å². The summed E-state index contributed by atoms with van der Waals surface area (Å²) >= 11 is 1.57. The lowest BCUT2D eigenvalue weighted by Crippen LogP contribution is -2.41. The maximum Gasteiger partial charge on any atom is 0.239 e. The third-order valence-electron chi connectivity index (χ3n) is 3.72. The van der Waals surface area contributed by atoms with E-state index in [2.05, 4.69) is 5.32 Å². The van der Waals surface area contributed by atoms with Gasteiger partial charge in [-0.2, -0.15) is 0 Å². The van der Waals surface area contributed by atoms with E-state index in [9.17, 15) is 9.59 Å². The van der Waals surface area contributed by atoms with E-state index in [1.807, 2.05) is 24.3 Å².